The molecule has 1 aromatic rings. The lowest BCUT2D eigenvalue weighted by atomic mass is 10.3. The summed E-state index contributed by atoms with van der Waals surface area (Å²) < 4.78 is 4.85. The molecule has 0 spiro atoms. The number of carbonyl (C=O) groups excluding carboxylic acids is 1. The molecule has 0 bridgehead atoms. The van der Waals surface area contributed by atoms with Crippen molar-refractivity contribution in [3.63, 3.8) is 0 Å². The second kappa shape index (κ2) is 6.22. The van der Waals surface area contributed by atoms with E-state index in [9.17, 15) is 14.9 Å². The Morgan fingerprint density at radius 1 is 1.35 bits per heavy atom. The summed E-state index contributed by atoms with van der Waals surface area (Å²) in [5.74, 6) is -0.336. The highest BCUT2D eigenvalue weighted by Crippen LogP contribution is 2.18. The summed E-state index contributed by atoms with van der Waals surface area (Å²) in [6.45, 7) is 0. The Morgan fingerprint density at radius 3 is 2.41 bits per heavy atom. The van der Waals surface area contributed by atoms with E-state index in [0.717, 1.165) is 0 Å². The van der Waals surface area contributed by atoms with Crippen LogP contribution in [0.3, 0.4) is 0 Å². The molecule has 0 aliphatic carbocycles. The molecule has 17 heavy (non-hydrogen) atoms. The molecule has 1 aromatic carbocycles. The fraction of sp³-hybridized carbons (Fsp3) is 0.100. The number of carbonyl (C=O) groups is 1. The summed E-state index contributed by atoms with van der Waals surface area (Å²) in [6.07, 6.45) is 1.22. The van der Waals surface area contributed by atoms with Gasteiger partial charge < -0.3 is 4.74 Å². The molecule has 0 N–H and O–H groups in total. The third-order valence-corrected chi connectivity index (χ3v) is 2.01. The monoisotopic (exact) mass is 275 g/mol. The third kappa shape index (κ3) is 4.84. The van der Waals surface area contributed by atoms with Crippen LogP contribution in [0.4, 0.5) is 5.69 Å². The quantitative estimate of drug-likeness (QED) is 0.366. The smallest absolute Gasteiger partial charge is 0.315 e. The standard InChI is InChI=1S/C10H7Cl2NO4/c11-9(12)5-6-10(14)17-8-3-1-7(2-4-8)13(15)16/h1-5H,6H2. The number of hydrogen-bond donors (Lipinski definition) is 0. The number of esters is 1. The van der Waals surface area contributed by atoms with Gasteiger partial charge in [-0.25, -0.2) is 0 Å². The zero-order valence-corrected chi connectivity index (χ0v) is 9.94. The topological polar surface area (TPSA) is 69.4 Å². The van der Waals surface area contributed by atoms with Crippen molar-refractivity contribution < 1.29 is 14.5 Å². The number of rotatable bonds is 4. The SMILES string of the molecule is O=C(CC=C(Cl)Cl)Oc1ccc([N+](=O)[O-])cc1. The first kappa shape index (κ1) is 13.5. The zero-order chi connectivity index (χ0) is 12.8. The Labute approximate surface area is 107 Å². The van der Waals surface area contributed by atoms with Crippen molar-refractivity contribution in [3.05, 3.63) is 44.9 Å². The van der Waals surface area contributed by atoms with E-state index in [1.807, 2.05) is 0 Å². The van der Waals surface area contributed by atoms with Gasteiger partial charge in [-0.1, -0.05) is 23.2 Å². The number of ether oxygens (including phenoxy) is 1. The van der Waals surface area contributed by atoms with Gasteiger partial charge in [0.1, 0.15) is 10.2 Å². The molecule has 0 heterocycles. The normalized spacial score (nSPS) is 9.53. The molecule has 0 saturated carbocycles. The lowest BCUT2D eigenvalue weighted by Gasteiger charge is -2.01. The van der Waals surface area contributed by atoms with Crippen LogP contribution in [0, 0.1) is 10.1 Å². The third-order valence-electron chi connectivity index (χ3n) is 1.70. The minimum atomic E-state index is -0.558. The Bertz CT molecular complexity index is 452. The second-order valence-electron chi connectivity index (χ2n) is 2.92. The van der Waals surface area contributed by atoms with Gasteiger partial charge in [-0.05, 0) is 18.2 Å². The van der Waals surface area contributed by atoms with Crippen LogP contribution in [-0.2, 0) is 4.79 Å². The first-order valence-corrected chi connectivity index (χ1v) is 5.21. The molecule has 0 atom stereocenters. The van der Waals surface area contributed by atoms with Crippen LogP contribution < -0.4 is 4.74 Å². The van der Waals surface area contributed by atoms with Crippen LogP contribution in [0.5, 0.6) is 5.75 Å². The fourth-order valence-electron chi connectivity index (χ4n) is 0.969. The molecule has 5 nitrogen and oxygen atoms in total. The minimum Gasteiger partial charge on any atom is -0.426 e. The number of non-ortho nitro benzene ring substituents is 1. The minimum absolute atomic E-state index is 0.0225. The van der Waals surface area contributed by atoms with Crippen molar-refractivity contribution in [2.75, 3.05) is 0 Å². The Kier molecular flexibility index (Phi) is 4.93. The number of nitro benzene ring substituents is 1. The van der Waals surface area contributed by atoms with Crippen LogP contribution in [0.1, 0.15) is 6.42 Å². The Morgan fingerprint density at radius 2 is 1.94 bits per heavy atom. The van der Waals surface area contributed by atoms with Gasteiger partial charge in [-0.3, -0.25) is 14.9 Å². The maximum absolute atomic E-state index is 11.2. The maximum atomic E-state index is 11.2. The van der Waals surface area contributed by atoms with Crippen LogP contribution in [0.15, 0.2) is 34.8 Å². The largest absolute Gasteiger partial charge is 0.426 e. The van der Waals surface area contributed by atoms with E-state index in [4.69, 9.17) is 27.9 Å². The van der Waals surface area contributed by atoms with Crippen LogP contribution in [-0.4, -0.2) is 10.9 Å². The van der Waals surface area contributed by atoms with Gasteiger partial charge in [0.05, 0.1) is 11.3 Å². The number of benzene rings is 1. The first-order valence-electron chi connectivity index (χ1n) is 4.45. The van der Waals surface area contributed by atoms with Gasteiger partial charge in [0.25, 0.3) is 5.69 Å². The highest BCUT2D eigenvalue weighted by Gasteiger charge is 2.07. The summed E-state index contributed by atoms with van der Waals surface area (Å²) in [5.41, 5.74) is -0.0755. The lowest BCUT2D eigenvalue weighted by molar-refractivity contribution is -0.384. The van der Waals surface area contributed by atoms with E-state index in [1.54, 1.807) is 0 Å². The van der Waals surface area contributed by atoms with E-state index in [-0.39, 0.29) is 22.3 Å². The molecular weight excluding hydrogens is 269 g/mol. The summed E-state index contributed by atoms with van der Waals surface area (Å²) in [7, 11) is 0. The molecular formula is C10H7Cl2NO4. The number of nitrogens with zero attached hydrogens (tertiary/aromatic N) is 1. The van der Waals surface area contributed by atoms with E-state index in [0.29, 0.717) is 0 Å². The van der Waals surface area contributed by atoms with Gasteiger partial charge >= 0.3 is 5.97 Å². The average Bonchev–Trinajstić information content (AvgIpc) is 2.27. The molecule has 0 amide bonds. The van der Waals surface area contributed by atoms with Crippen molar-refractivity contribution in [3.8, 4) is 5.75 Å². The summed E-state index contributed by atoms with van der Waals surface area (Å²) in [6, 6.07) is 5.16. The number of halogens is 2. The maximum Gasteiger partial charge on any atom is 0.315 e. The molecule has 90 valence electrons. The summed E-state index contributed by atoms with van der Waals surface area (Å²) >= 11 is 10.6. The fourth-order valence-corrected chi connectivity index (χ4v) is 1.12. The van der Waals surface area contributed by atoms with Gasteiger partial charge in [0.2, 0.25) is 0 Å². The summed E-state index contributed by atoms with van der Waals surface area (Å²) in [4.78, 5) is 21.1. The van der Waals surface area contributed by atoms with Crippen molar-refractivity contribution in [2.45, 2.75) is 6.42 Å². The van der Waals surface area contributed by atoms with Crippen LogP contribution in [0.2, 0.25) is 0 Å². The molecule has 0 aromatic heterocycles. The lowest BCUT2D eigenvalue weighted by Crippen LogP contribution is -2.06. The van der Waals surface area contributed by atoms with E-state index >= 15 is 0 Å². The molecule has 7 heteroatoms. The molecule has 0 radical (unpaired) electrons. The van der Waals surface area contributed by atoms with E-state index in [2.05, 4.69) is 0 Å². The first-order chi connectivity index (χ1) is 7.99. The van der Waals surface area contributed by atoms with Gasteiger partial charge in [0.15, 0.2) is 0 Å². The van der Waals surface area contributed by atoms with Crippen LogP contribution in [0.25, 0.3) is 0 Å². The summed E-state index contributed by atoms with van der Waals surface area (Å²) in [5, 5.41) is 10.4. The predicted octanol–water partition coefficient (Wildman–Crippen LogP) is 3.21. The van der Waals surface area contributed by atoms with Gasteiger partial charge in [-0.15, -0.1) is 0 Å². The van der Waals surface area contributed by atoms with Gasteiger partial charge in [-0.2, -0.15) is 0 Å². The van der Waals surface area contributed by atoms with Crippen molar-refractivity contribution >= 4 is 34.9 Å². The van der Waals surface area contributed by atoms with Gasteiger partial charge in [0, 0.05) is 12.1 Å². The predicted molar refractivity (Wildman–Crippen MR) is 63.1 cm³/mol. The molecule has 1 rings (SSSR count). The zero-order valence-electron chi connectivity index (χ0n) is 8.43. The average molecular weight is 276 g/mol. The number of hydrogen-bond acceptors (Lipinski definition) is 4. The van der Waals surface area contributed by atoms with Crippen molar-refractivity contribution in [2.24, 2.45) is 0 Å². The highest BCUT2D eigenvalue weighted by atomic mass is 35.5. The van der Waals surface area contributed by atoms with E-state index < -0.39 is 10.9 Å². The molecule has 0 unspecified atom stereocenters. The molecule has 0 fully saturated rings. The molecule has 0 aliphatic rings. The Balaban J connectivity index is 2.60. The molecule has 0 aliphatic heterocycles. The van der Waals surface area contributed by atoms with Crippen LogP contribution >= 0.6 is 23.2 Å². The second-order valence-corrected chi connectivity index (χ2v) is 3.93. The number of nitro groups is 1. The molecule has 0 saturated heterocycles. The van der Waals surface area contributed by atoms with Crippen molar-refractivity contribution in [1.82, 2.24) is 0 Å². The Hall–Kier alpha value is -1.59. The van der Waals surface area contributed by atoms with E-state index in [1.165, 1.54) is 30.3 Å². The highest BCUT2D eigenvalue weighted by molar-refractivity contribution is 6.55. The van der Waals surface area contributed by atoms with Crippen molar-refractivity contribution in [1.29, 1.82) is 0 Å².